The quantitative estimate of drug-likeness (QED) is 0.438. The lowest BCUT2D eigenvalue weighted by Crippen LogP contribution is -2.37. The number of hydrogen-bond acceptors (Lipinski definition) is 5. The first-order chi connectivity index (χ1) is 18.4. The molecule has 3 aromatic rings. The minimum atomic E-state index is -0.763. The lowest BCUT2D eigenvalue weighted by molar-refractivity contribution is -0.124. The zero-order chi connectivity index (χ0) is 26.6. The molecule has 194 valence electrons. The van der Waals surface area contributed by atoms with E-state index in [4.69, 9.17) is 17.0 Å². The van der Waals surface area contributed by atoms with Gasteiger partial charge in [0.25, 0.3) is 5.91 Å². The third-order valence-electron chi connectivity index (χ3n) is 6.76. The van der Waals surface area contributed by atoms with E-state index in [1.54, 1.807) is 41.2 Å². The van der Waals surface area contributed by atoms with Gasteiger partial charge in [-0.3, -0.25) is 19.3 Å². The number of methoxy groups -OCH3 is 1. The van der Waals surface area contributed by atoms with E-state index in [1.165, 1.54) is 4.90 Å². The molecule has 0 spiro atoms. The zero-order valence-corrected chi connectivity index (χ0v) is 21.8. The van der Waals surface area contributed by atoms with Crippen molar-refractivity contribution in [2.24, 2.45) is 0 Å². The number of rotatable bonds is 8. The average molecular weight is 529 g/mol. The number of anilines is 3. The molecule has 3 aromatic carbocycles. The molecule has 1 unspecified atom stereocenters. The predicted octanol–water partition coefficient (Wildman–Crippen LogP) is 4.35. The Kier molecular flexibility index (Phi) is 7.37. The highest BCUT2D eigenvalue weighted by Crippen LogP contribution is 2.30. The summed E-state index contributed by atoms with van der Waals surface area (Å²) in [5.41, 5.74) is 3.06. The van der Waals surface area contributed by atoms with Gasteiger partial charge in [-0.05, 0) is 72.7 Å². The number of hydrogen-bond donors (Lipinski definition) is 1. The maximum atomic E-state index is 13.6. The average Bonchev–Trinajstić information content (AvgIpc) is 3.46. The SMILES string of the molecule is COc1ccc(NC(=O)CC2C(=O)N(c3ccccc3)C(=S)N2Cc2ccc(N3CCCC3=O)cc2)cc1. The first-order valence-electron chi connectivity index (χ1n) is 12.5. The summed E-state index contributed by atoms with van der Waals surface area (Å²) < 4.78 is 5.17. The fraction of sp³-hybridized carbons (Fsp3) is 0.241. The lowest BCUT2D eigenvalue weighted by atomic mass is 10.1. The normalized spacial score (nSPS) is 17.3. The second-order valence-corrected chi connectivity index (χ2v) is 9.60. The van der Waals surface area contributed by atoms with Crippen molar-refractivity contribution in [2.75, 3.05) is 28.8 Å². The van der Waals surface area contributed by atoms with E-state index in [1.807, 2.05) is 54.6 Å². The van der Waals surface area contributed by atoms with Crippen LogP contribution in [0.25, 0.3) is 0 Å². The molecule has 2 saturated heterocycles. The number of benzene rings is 3. The predicted molar refractivity (Wildman–Crippen MR) is 150 cm³/mol. The second kappa shape index (κ2) is 11.0. The largest absolute Gasteiger partial charge is 0.497 e. The van der Waals surface area contributed by atoms with Crippen molar-refractivity contribution >= 4 is 52.1 Å². The topological polar surface area (TPSA) is 82.2 Å². The van der Waals surface area contributed by atoms with Crippen LogP contribution in [0.15, 0.2) is 78.9 Å². The molecule has 0 aromatic heterocycles. The van der Waals surface area contributed by atoms with Crippen LogP contribution in [0.3, 0.4) is 0 Å². The highest BCUT2D eigenvalue weighted by molar-refractivity contribution is 7.80. The molecule has 0 radical (unpaired) electrons. The van der Waals surface area contributed by atoms with Gasteiger partial charge in [-0.25, -0.2) is 0 Å². The summed E-state index contributed by atoms with van der Waals surface area (Å²) in [5.74, 6) is 0.277. The standard InChI is InChI=1S/C29H28N4O4S/c1-37-24-15-11-21(12-16-24)30-26(34)18-25-28(36)33(23-6-3-2-4-7-23)29(38)32(25)19-20-9-13-22(14-10-20)31-17-5-8-27(31)35/h2-4,6-7,9-16,25H,5,8,17-19H2,1H3,(H,30,34). The van der Waals surface area contributed by atoms with Gasteiger partial charge < -0.3 is 19.9 Å². The Labute approximate surface area is 226 Å². The number of amides is 3. The lowest BCUT2D eigenvalue weighted by Gasteiger charge is -2.24. The van der Waals surface area contributed by atoms with Crippen molar-refractivity contribution in [3.63, 3.8) is 0 Å². The summed E-state index contributed by atoms with van der Waals surface area (Å²) in [7, 11) is 1.58. The summed E-state index contributed by atoms with van der Waals surface area (Å²) in [6.45, 7) is 1.07. The van der Waals surface area contributed by atoms with E-state index in [0.29, 0.717) is 35.2 Å². The maximum absolute atomic E-state index is 13.6. The van der Waals surface area contributed by atoms with Crippen LogP contribution in [0.2, 0.25) is 0 Å². The molecule has 2 aliphatic heterocycles. The van der Waals surface area contributed by atoms with Gasteiger partial charge in [0.1, 0.15) is 11.8 Å². The van der Waals surface area contributed by atoms with E-state index in [-0.39, 0.29) is 24.1 Å². The number of carbonyl (C=O) groups excluding carboxylic acids is 3. The van der Waals surface area contributed by atoms with E-state index in [2.05, 4.69) is 5.32 Å². The molecule has 2 heterocycles. The van der Waals surface area contributed by atoms with Crippen LogP contribution in [0, 0.1) is 0 Å². The molecule has 1 atom stereocenters. The van der Waals surface area contributed by atoms with Crippen LogP contribution in [0.5, 0.6) is 5.75 Å². The van der Waals surface area contributed by atoms with Gasteiger partial charge in [0.05, 0.1) is 19.2 Å². The molecule has 5 rings (SSSR count). The second-order valence-electron chi connectivity index (χ2n) is 9.23. The number of para-hydroxylation sites is 1. The van der Waals surface area contributed by atoms with Crippen LogP contribution in [-0.2, 0) is 20.9 Å². The molecular weight excluding hydrogens is 500 g/mol. The molecule has 0 aliphatic carbocycles. The Bertz CT molecular complexity index is 1350. The van der Waals surface area contributed by atoms with Crippen molar-refractivity contribution in [1.82, 2.24) is 4.90 Å². The van der Waals surface area contributed by atoms with E-state index in [9.17, 15) is 14.4 Å². The molecule has 3 amide bonds. The smallest absolute Gasteiger partial charge is 0.256 e. The molecule has 38 heavy (non-hydrogen) atoms. The first-order valence-corrected chi connectivity index (χ1v) is 12.9. The van der Waals surface area contributed by atoms with Crippen molar-refractivity contribution in [1.29, 1.82) is 0 Å². The first kappa shape index (κ1) is 25.4. The Morgan fingerprint density at radius 1 is 0.974 bits per heavy atom. The van der Waals surface area contributed by atoms with Gasteiger partial charge in [-0.1, -0.05) is 30.3 Å². The summed E-state index contributed by atoms with van der Waals surface area (Å²) in [6.07, 6.45) is 1.37. The van der Waals surface area contributed by atoms with Gasteiger partial charge in [0.15, 0.2) is 5.11 Å². The Hall–Kier alpha value is -4.24. The molecule has 9 heteroatoms. The van der Waals surface area contributed by atoms with Crippen LogP contribution >= 0.6 is 12.2 Å². The molecule has 2 fully saturated rings. The number of carbonyl (C=O) groups is 3. The van der Waals surface area contributed by atoms with Crippen molar-refractivity contribution in [3.05, 3.63) is 84.4 Å². The molecule has 1 N–H and O–H groups in total. The van der Waals surface area contributed by atoms with Crippen molar-refractivity contribution in [3.8, 4) is 5.75 Å². The Morgan fingerprint density at radius 3 is 2.32 bits per heavy atom. The highest BCUT2D eigenvalue weighted by Gasteiger charge is 2.44. The number of ether oxygens (including phenoxy) is 1. The third kappa shape index (κ3) is 5.24. The Balaban J connectivity index is 1.36. The van der Waals surface area contributed by atoms with Gasteiger partial charge in [-0.2, -0.15) is 0 Å². The third-order valence-corrected chi connectivity index (χ3v) is 7.18. The number of nitrogens with zero attached hydrogens (tertiary/aromatic N) is 3. The fourth-order valence-corrected chi connectivity index (χ4v) is 5.18. The Morgan fingerprint density at radius 2 is 1.68 bits per heavy atom. The summed E-state index contributed by atoms with van der Waals surface area (Å²) in [5, 5.41) is 3.21. The zero-order valence-electron chi connectivity index (χ0n) is 21.0. The minimum Gasteiger partial charge on any atom is -0.497 e. The van der Waals surface area contributed by atoms with Crippen LogP contribution in [0.1, 0.15) is 24.8 Å². The van der Waals surface area contributed by atoms with Crippen molar-refractivity contribution < 1.29 is 19.1 Å². The van der Waals surface area contributed by atoms with Crippen LogP contribution in [0.4, 0.5) is 17.1 Å². The highest BCUT2D eigenvalue weighted by atomic mass is 32.1. The van der Waals surface area contributed by atoms with Gasteiger partial charge in [0.2, 0.25) is 11.8 Å². The summed E-state index contributed by atoms with van der Waals surface area (Å²) >= 11 is 5.77. The number of thiocarbonyl (C=S) groups is 1. The minimum absolute atomic E-state index is 0.0608. The molecule has 0 bridgehead atoms. The van der Waals surface area contributed by atoms with E-state index < -0.39 is 6.04 Å². The molecule has 2 aliphatic rings. The van der Waals surface area contributed by atoms with Crippen molar-refractivity contribution in [2.45, 2.75) is 31.8 Å². The van der Waals surface area contributed by atoms with Crippen LogP contribution < -0.4 is 19.9 Å². The van der Waals surface area contributed by atoms with Gasteiger partial charge in [0, 0.05) is 30.9 Å². The van der Waals surface area contributed by atoms with E-state index in [0.717, 1.165) is 24.2 Å². The molecule has 0 saturated carbocycles. The molecular formula is C29H28N4O4S. The van der Waals surface area contributed by atoms with E-state index >= 15 is 0 Å². The fourth-order valence-electron chi connectivity index (χ4n) is 4.79. The molecule has 8 nitrogen and oxygen atoms in total. The monoisotopic (exact) mass is 528 g/mol. The van der Waals surface area contributed by atoms with Gasteiger partial charge in [-0.15, -0.1) is 0 Å². The maximum Gasteiger partial charge on any atom is 0.256 e. The van der Waals surface area contributed by atoms with Crippen LogP contribution in [-0.4, -0.2) is 47.4 Å². The summed E-state index contributed by atoms with van der Waals surface area (Å²) in [4.78, 5) is 43.8. The summed E-state index contributed by atoms with van der Waals surface area (Å²) in [6, 6.07) is 23.2. The number of nitrogens with one attached hydrogen (secondary N) is 1. The van der Waals surface area contributed by atoms with Gasteiger partial charge >= 0.3 is 0 Å².